The van der Waals surface area contributed by atoms with E-state index in [1.807, 2.05) is 14.0 Å². The number of ether oxygens (including phenoxy) is 4. The van der Waals surface area contributed by atoms with Gasteiger partial charge in [-0.25, -0.2) is 0 Å². The quantitative estimate of drug-likeness (QED) is 0.384. The van der Waals surface area contributed by atoms with Gasteiger partial charge in [0.1, 0.15) is 0 Å². The summed E-state index contributed by atoms with van der Waals surface area (Å²) in [5.74, 6) is 0. The molecule has 0 bridgehead atoms. The van der Waals surface area contributed by atoms with E-state index >= 15 is 0 Å². The molecule has 0 heterocycles. The normalized spacial score (nSPS) is 11.1. The monoisotopic (exact) mass is 278 g/mol. The van der Waals surface area contributed by atoms with E-state index in [4.69, 9.17) is 18.9 Å². The maximum atomic E-state index is 5.40. The average Bonchev–Trinajstić information content (AvgIpc) is 2.43. The van der Waals surface area contributed by atoms with Crippen molar-refractivity contribution in [1.29, 1.82) is 0 Å². The molecule has 0 aliphatic heterocycles. The van der Waals surface area contributed by atoms with Crippen LogP contribution in [0.1, 0.15) is 6.92 Å². The van der Waals surface area contributed by atoms with E-state index in [9.17, 15) is 0 Å². The van der Waals surface area contributed by atoms with Gasteiger partial charge in [0.05, 0.1) is 46.2 Å². The van der Waals surface area contributed by atoms with E-state index in [2.05, 4.69) is 10.6 Å². The number of nitrogens with one attached hydrogen (secondary N) is 2. The van der Waals surface area contributed by atoms with Gasteiger partial charge in [-0.3, -0.25) is 0 Å². The molecule has 0 saturated carbocycles. The summed E-state index contributed by atoms with van der Waals surface area (Å²) in [5, 5.41) is 6.26. The second-order valence-corrected chi connectivity index (χ2v) is 3.89. The van der Waals surface area contributed by atoms with Crippen molar-refractivity contribution in [2.75, 3.05) is 79.5 Å². The third-order valence-electron chi connectivity index (χ3n) is 2.29. The lowest BCUT2D eigenvalue weighted by molar-refractivity contribution is 0.0456. The lowest BCUT2D eigenvalue weighted by atomic mass is 10.6. The lowest BCUT2D eigenvalue weighted by Crippen LogP contribution is -2.25. The van der Waals surface area contributed by atoms with E-state index in [0.29, 0.717) is 39.6 Å². The van der Waals surface area contributed by atoms with E-state index in [-0.39, 0.29) is 0 Å². The highest BCUT2D eigenvalue weighted by atomic mass is 16.5. The molecule has 0 fully saturated rings. The summed E-state index contributed by atoms with van der Waals surface area (Å²) in [6.45, 7) is 10.1. The molecule has 0 rings (SSSR count). The molecule has 0 amide bonds. The molecule has 0 aliphatic rings. The Hall–Kier alpha value is -0.240. The first-order valence-electron chi connectivity index (χ1n) is 7.08. The molecule has 0 radical (unpaired) electrons. The smallest absolute Gasteiger partial charge is 0.0701 e. The topological polar surface area (TPSA) is 61.0 Å². The van der Waals surface area contributed by atoms with E-state index < -0.39 is 0 Å². The van der Waals surface area contributed by atoms with Crippen molar-refractivity contribution in [3.8, 4) is 0 Å². The van der Waals surface area contributed by atoms with Crippen LogP contribution >= 0.6 is 0 Å². The predicted octanol–water partition coefficient (Wildman–Crippen LogP) is -0.118. The summed E-state index contributed by atoms with van der Waals surface area (Å²) in [6, 6.07) is 0. The Morgan fingerprint density at radius 3 is 1.58 bits per heavy atom. The van der Waals surface area contributed by atoms with Gasteiger partial charge in [-0.1, -0.05) is 0 Å². The molecule has 0 atom stereocenters. The molecular formula is C13H30N2O4. The Bertz CT molecular complexity index is 146. The van der Waals surface area contributed by atoms with Crippen molar-refractivity contribution in [3.05, 3.63) is 0 Å². The SMILES string of the molecule is CCOCCOCCNCCOCCOCCNC. The van der Waals surface area contributed by atoms with Crippen LogP contribution in [0, 0.1) is 0 Å². The van der Waals surface area contributed by atoms with Gasteiger partial charge in [0.25, 0.3) is 0 Å². The Morgan fingerprint density at radius 1 is 0.632 bits per heavy atom. The maximum absolute atomic E-state index is 5.40. The number of rotatable bonds is 16. The average molecular weight is 278 g/mol. The third-order valence-corrected chi connectivity index (χ3v) is 2.29. The van der Waals surface area contributed by atoms with Crippen LogP contribution in [-0.4, -0.2) is 79.5 Å². The van der Waals surface area contributed by atoms with Crippen molar-refractivity contribution in [2.24, 2.45) is 0 Å². The third kappa shape index (κ3) is 17.8. The zero-order valence-corrected chi connectivity index (χ0v) is 12.4. The van der Waals surface area contributed by atoms with Crippen molar-refractivity contribution in [1.82, 2.24) is 10.6 Å². The van der Waals surface area contributed by atoms with Crippen LogP contribution < -0.4 is 10.6 Å². The Morgan fingerprint density at radius 2 is 1.11 bits per heavy atom. The highest BCUT2D eigenvalue weighted by Crippen LogP contribution is 1.79. The molecular weight excluding hydrogens is 248 g/mol. The van der Waals surface area contributed by atoms with Crippen LogP contribution in [0.4, 0.5) is 0 Å². The zero-order chi connectivity index (χ0) is 14.0. The van der Waals surface area contributed by atoms with Crippen molar-refractivity contribution >= 4 is 0 Å². The largest absolute Gasteiger partial charge is 0.379 e. The second kappa shape index (κ2) is 17.8. The van der Waals surface area contributed by atoms with Crippen LogP contribution in [0.3, 0.4) is 0 Å². The summed E-state index contributed by atoms with van der Waals surface area (Å²) < 4.78 is 21.3. The van der Waals surface area contributed by atoms with Gasteiger partial charge in [0.2, 0.25) is 0 Å². The molecule has 0 spiro atoms. The molecule has 6 nitrogen and oxygen atoms in total. The maximum Gasteiger partial charge on any atom is 0.0701 e. The fraction of sp³-hybridized carbons (Fsp3) is 1.00. The first kappa shape index (κ1) is 18.8. The van der Waals surface area contributed by atoms with Gasteiger partial charge in [0, 0.05) is 26.2 Å². The first-order chi connectivity index (χ1) is 9.41. The fourth-order valence-electron chi connectivity index (χ4n) is 1.27. The molecule has 6 heteroatoms. The Labute approximate surface area is 117 Å². The van der Waals surface area contributed by atoms with Crippen LogP contribution in [-0.2, 0) is 18.9 Å². The van der Waals surface area contributed by atoms with Crippen LogP contribution in [0.15, 0.2) is 0 Å². The second-order valence-electron chi connectivity index (χ2n) is 3.89. The molecule has 116 valence electrons. The van der Waals surface area contributed by atoms with E-state index in [1.165, 1.54) is 0 Å². The predicted molar refractivity (Wildman–Crippen MR) is 75.7 cm³/mol. The standard InChI is InChI=1S/C13H30N2O4/c1-3-16-10-11-18-8-5-15-6-9-19-13-12-17-7-4-14-2/h14-15H,3-13H2,1-2H3. The summed E-state index contributed by atoms with van der Waals surface area (Å²) in [4.78, 5) is 0. The van der Waals surface area contributed by atoms with Crippen LogP contribution in [0.5, 0.6) is 0 Å². The minimum atomic E-state index is 0.649. The van der Waals surface area contributed by atoms with Gasteiger partial charge >= 0.3 is 0 Å². The molecule has 0 aliphatic carbocycles. The summed E-state index contributed by atoms with van der Waals surface area (Å²) in [5.41, 5.74) is 0. The Balaban J connectivity index is 2.88. The van der Waals surface area contributed by atoms with Gasteiger partial charge in [-0.15, -0.1) is 0 Å². The molecule has 0 aromatic heterocycles. The highest BCUT2D eigenvalue weighted by molar-refractivity contribution is 4.45. The summed E-state index contributed by atoms with van der Waals surface area (Å²) in [6.07, 6.45) is 0. The number of hydrogen-bond acceptors (Lipinski definition) is 6. The molecule has 19 heavy (non-hydrogen) atoms. The molecule has 0 unspecified atom stereocenters. The van der Waals surface area contributed by atoms with Crippen LogP contribution in [0.2, 0.25) is 0 Å². The van der Waals surface area contributed by atoms with E-state index in [1.54, 1.807) is 0 Å². The minimum Gasteiger partial charge on any atom is -0.379 e. The number of hydrogen-bond donors (Lipinski definition) is 2. The van der Waals surface area contributed by atoms with Gasteiger partial charge in [-0.2, -0.15) is 0 Å². The molecule has 2 N–H and O–H groups in total. The van der Waals surface area contributed by atoms with Crippen LogP contribution in [0.25, 0.3) is 0 Å². The zero-order valence-electron chi connectivity index (χ0n) is 12.4. The van der Waals surface area contributed by atoms with E-state index in [0.717, 1.165) is 32.8 Å². The van der Waals surface area contributed by atoms with Crippen molar-refractivity contribution < 1.29 is 18.9 Å². The van der Waals surface area contributed by atoms with Crippen molar-refractivity contribution in [2.45, 2.75) is 6.92 Å². The fourth-order valence-corrected chi connectivity index (χ4v) is 1.27. The minimum absolute atomic E-state index is 0.649. The van der Waals surface area contributed by atoms with Gasteiger partial charge in [-0.05, 0) is 14.0 Å². The lowest BCUT2D eigenvalue weighted by Gasteiger charge is -2.07. The van der Waals surface area contributed by atoms with Gasteiger partial charge < -0.3 is 29.6 Å². The summed E-state index contributed by atoms with van der Waals surface area (Å²) >= 11 is 0. The number of likely N-dealkylation sites (N-methyl/N-ethyl adjacent to an activating group) is 1. The summed E-state index contributed by atoms with van der Waals surface area (Å²) in [7, 11) is 1.91. The first-order valence-corrected chi connectivity index (χ1v) is 7.08. The van der Waals surface area contributed by atoms with Crippen molar-refractivity contribution in [3.63, 3.8) is 0 Å². The molecule has 0 aromatic carbocycles. The molecule has 0 saturated heterocycles. The molecule has 0 aromatic rings. The van der Waals surface area contributed by atoms with Gasteiger partial charge in [0.15, 0.2) is 0 Å². The highest BCUT2D eigenvalue weighted by Gasteiger charge is 1.91. The Kier molecular flexibility index (Phi) is 17.5.